The summed E-state index contributed by atoms with van der Waals surface area (Å²) in [4.78, 5) is 11.2. The van der Waals surface area contributed by atoms with Gasteiger partial charge in [0.05, 0.1) is 12.3 Å². The van der Waals surface area contributed by atoms with Crippen molar-refractivity contribution in [1.82, 2.24) is 10.7 Å². The number of alkyl carbamates (subject to hydrolysis) is 1. The molecule has 0 atom stereocenters. The molecule has 2 N–H and O–H groups in total. The zero-order valence-corrected chi connectivity index (χ0v) is 9.47. The van der Waals surface area contributed by atoms with Gasteiger partial charge in [-0.15, -0.1) is 0 Å². The number of carbonyl (C=O) groups excluding carboxylic acids is 1. The fourth-order valence-electron chi connectivity index (χ4n) is 0.745. The van der Waals surface area contributed by atoms with Crippen LogP contribution in [0.1, 0.15) is 27.7 Å². The summed E-state index contributed by atoms with van der Waals surface area (Å²) in [5, 5.41) is 6.48. The second-order valence-corrected chi connectivity index (χ2v) is 3.93. The molecule has 0 saturated carbocycles. The third kappa shape index (κ3) is 7.39. The van der Waals surface area contributed by atoms with Crippen LogP contribution in [0.25, 0.3) is 0 Å². The predicted molar refractivity (Wildman–Crippen MR) is 56.4 cm³/mol. The number of hydrogen-bond acceptors (Lipinski definition) is 4. The van der Waals surface area contributed by atoms with Gasteiger partial charge in [0.1, 0.15) is 5.60 Å². The van der Waals surface area contributed by atoms with Crippen molar-refractivity contribution in [3.05, 3.63) is 0 Å². The van der Waals surface area contributed by atoms with E-state index in [1.165, 1.54) is 0 Å². The highest BCUT2D eigenvalue weighted by Gasteiger charge is 2.15. The molecule has 0 fully saturated rings. The number of amides is 1. The van der Waals surface area contributed by atoms with Gasteiger partial charge in [-0.1, -0.05) is 0 Å². The molecule has 82 valence electrons. The largest absolute Gasteiger partial charge is 0.444 e. The molecule has 0 aliphatic rings. The van der Waals surface area contributed by atoms with E-state index >= 15 is 0 Å². The highest BCUT2D eigenvalue weighted by Crippen LogP contribution is 2.05. The van der Waals surface area contributed by atoms with E-state index in [2.05, 4.69) is 15.8 Å². The van der Waals surface area contributed by atoms with E-state index in [0.29, 0.717) is 6.54 Å². The van der Waals surface area contributed by atoms with Gasteiger partial charge in [0.15, 0.2) is 0 Å². The van der Waals surface area contributed by atoms with Gasteiger partial charge in [-0.3, -0.25) is 0 Å². The molecule has 0 unspecified atom stereocenters. The first-order valence-electron chi connectivity index (χ1n) is 4.52. The topological polar surface area (TPSA) is 62.7 Å². The summed E-state index contributed by atoms with van der Waals surface area (Å²) in [6.45, 7) is 7.66. The van der Waals surface area contributed by atoms with Crippen LogP contribution in [0.15, 0.2) is 5.10 Å². The monoisotopic (exact) mass is 201 g/mol. The molecule has 0 rings (SSSR count). The molecule has 0 spiro atoms. The van der Waals surface area contributed by atoms with Crippen molar-refractivity contribution in [2.75, 3.05) is 13.6 Å². The van der Waals surface area contributed by atoms with Crippen LogP contribution < -0.4 is 10.7 Å². The third-order valence-corrected chi connectivity index (χ3v) is 1.19. The molecule has 0 aromatic rings. The predicted octanol–water partition coefficient (Wildman–Crippen LogP) is 1.11. The van der Waals surface area contributed by atoms with Crippen molar-refractivity contribution in [2.24, 2.45) is 5.10 Å². The Kier molecular flexibility index (Phi) is 4.97. The van der Waals surface area contributed by atoms with E-state index in [-0.39, 0.29) is 0 Å². The summed E-state index contributed by atoms with van der Waals surface area (Å²) in [7, 11) is 1.71. The number of hydrogen-bond donors (Lipinski definition) is 2. The molecule has 1 amide bonds. The van der Waals surface area contributed by atoms with E-state index in [9.17, 15) is 4.79 Å². The van der Waals surface area contributed by atoms with E-state index < -0.39 is 11.7 Å². The Morgan fingerprint density at radius 1 is 1.43 bits per heavy atom. The molecule has 14 heavy (non-hydrogen) atoms. The standard InChI is InChI=1S/C9H19N3O2/c1-7(12-10-5)6-11-8(13)14-9(2,3)4/h10H,6H2,1-5H3,(H,11,13)/b12-7+. The second-order valence-electron chi connectivity index (χ2n) is 3.93. The Balaban J connectivity index is 3.81. The molecule has 5 heteroatoms. The van der Waals surface area contributed by atoms with Crippen molar-refractivity contribution >= 4 is 11.8 Å². The number of carbonyl (C=O) groups is 1. The molecular weight excluding hydrogens is 182 g/mol. The molecule has 0 bridgehead atoms. The summed E-state index contributed by atoms with van der Waals surface area (Å²) in [6, 6.07) is 0. The average molecular weight is 201 g/mol. The summed E-state index contributed by atoms with van der Waals surface area (Å²) in [5.41, 5.74) is 2.97. The lowest BCUT2D eigenvalue weighted by Crippen LogP contribution is -2.35. The zero-order chi connectivity index (χ0) is 11.2. The van der Waals surface area contributed by atoms with Crippen LogP contribution in [0.4, 0.5) is 4.79 Å². The minimum atomic E-state index is -0.460. The van der Waals surface area contributed by atoms with Gasteiger partial charge >= 0.3 is 6.09 Å². The van der Waals surface area contributed by atoms with Crippen molar-refractivity contribution in [2.45, 2.75) is 33.3 Å². The van der Waals surface area contributed by atoms with Crippen molar-refractivity contribution in [3.63, 3.8) is 0 Å². The maximum atomic E-state index is 11.2. The van der Waals surface area contributed by atoms with Crippen LogP contribution in [0.2, 0.25) is 0 Å². The highest BCUT2D eigenvalue weighted by atomic mass is 16.6. The van der Waals surface area contributed by atoms with E-state index in [4.69, 9.17) is 4.74 Å². The zero-order valence-electron chi connectivity index (χ0n) is 9.47. The summed E-state index contributed by atoms with van der Waals surface area (Å²) < 4.78 is 5.04. The molecular formula is C9H19N3O2. The number of nitrogens with zero attached hydrogens (tertiary/aromatic N) is 1. The van der Waals surface area contributed by atoms with Gasteiger partial charge < -0.3 is 15.5 Å². The number of ether oxygens (including phenoxy) is 1. The summed E-state index contributed by atoms with van der Waals surface area (Å²) >= 11 is 0. The first-order chi connectivity index (χ1) is 6.35. The lowest BCUT2D eigenvalue weighted by molar-refractivity contribution is 0.0536. The molecule has 5 nitrogen and oxygen atoms in total. The lowest BCUT2D eigenvalue weighted by atomic mass is 10.2. The van der Waals surface area contributed by atoms with Crippen LogP contribution in [0, 0.1) is 0 Å². The number of hydrazone groups is 1. The number of rotatable bonds is 3. The Bertz CT molecular complexity index is 219. The van der Waals surface area contributed by atoms with Crippen LogP contribution in [-0.2, 0) is 4.74 Å². The van der Waals surface area contributed by atoms with Crippen LogP contribution in [0.3, 0.4) is 0 Å². The van der Waals surface area contributed by atoms with E-state index in [1.54, 1.807) is 7.05 Å². The third-order valence-electron chi connectivity index (χ3n) is 1.19. The smallest absolute Gasteiger partial charge is 0.407 e. The molecule has 0 radical (unpaired) electrons. The average Bonchev–Trinajstić information content (AvgIpc) is 1.98. The van der Waals surface area contributed by atoms with Crippen molar-refractivity contribution in [3.8, 4) is 0 Å². The Morgan fingerprint density at radius 3 is 2.43 bits per heavy atom. The first-order valence-corrected chi connectivity index (χ1v) is 4.52. The minimum Gasteiger partial charge on any atom is -0.444 e. The summed E-state index contributed by atoms with van der Waals surface area (Å²) in [6.07, 6.45) is -0.428. The first kappa shape index (κ1) is 12.7. The highest BCUT2D eigenvalue weighted by molar-refractivity contribution is 5.86. The molecule has 0 aliphatic carbocycles. The van der Waals surface area contributed by atoms with Crippen LogP contribution in [-0.4, -0.2) is 31.0 Å². The maximum absolute atomic E-state index is 11.2. The fraction of sp³-hybridized carbons (Fsp3) is 0.778. The second kappa shape index (κ2) is 5.47. The molecule has 0 aromatic heterocycles. The van der Waals surface area contributed by atoms with E-state index in [0.717, 1.165) is 5.71 Å². The SMILES string of the molecule is CN/N=C(\C)CNC(=O)OC(C)(C)C. The normalized spacial score (nSPS) is 12.2. The van der Waals surface area contributed by atoms with Gasteiger partial charge in [-0.05, 0) is 27.7 Å². The van der Waals surface area contributed by atoms with Gasteiger partial charge in [0, 0.05) is 7.05 Å². The van der Waals surface area contributed by atoms with Crippen molar-refractivity contribution in [1.29, 1.82) is 0 Å². The maximum Gasteiger partial charge on any atom is 0.407 e. The summed E-state index contributed by atoms with van der Waals surface area (Å²) in [5.74, 6) is 0. The van der Waals surface area contributed by atoms with Crippen LogP contribution >= 0.6 is 0 Å². The molecule has 0 saturated heterocycles. The Morgan fingerprint density at radius 2 is 2.00 bits per heavy atom. The quantitative estimate of drug-likeness (QED) is 0.531. The molecule has 0 aromatic carbocycles. The molecule has 0 heterocycles. The van der Waals surface area contributed by atoms with E-state index in [1.807, 2.05) is 27.7 Å². The van der Waals surface area contributed by atoms with Gasteiger partial charge in [0.25, 0.3) is 0 Å². The Labute approximate surface area is 84.9 Å². The van der Waals surface area contributed by atoms with Gasteiger partial charge in [0.2, 0.25) is 0 Å². The minimum absolute atomic E-state index is 0.385. The fourth-order valence-corrected chi connectivity index (χ4v) is 0.745. The molecule has 0 aliphatic heterocycles. The Hall–Kier alpha value is -1.26. The van der Waals surface area contributed by atoms with Crippen LogP contribution in [0.5, 0.6) is 0 Å². The van der Waals surface area contributed by atoms with Gasteiger partial charge in [-0.2, -0.15) is 5.10 Å². The van der Waals surface area contributed by atoms with Gasteiger partial charge in [-0.25, -0.2) is 4.79 Å². The van der Waals surface area contributed by atoms with Crippen molar-refractivity contribution < 1.29 is 9.53 Å². The lowest BCUT2D eigenvalue weighted by Gasteiger charge is -2.19. The number of nitrogens with one attached hydrogen (secondary N) is 2.